The third kappa shape index (κ3) is 3.28. The molecule has 0 saturated carbocycles. The zero-order valence-electron chi connectivity index (χ0n) is 13.5. The van der Waals surface area contributed by atoms with Crippen LogP contribution in [0.5, 0.6) is 5.75 Å². The van der Waals surface area contributed by atoms with E-state index in [1.807, 2.05) is 30.3 Å². The van der Waals surface area contributed by atoms with Crippen LogP contribution in [0, 0.1) is 0 Å². The van der Waals surface area contributed by atoms with Crippen LogP contribution in [-0.4, -0.2) is 16.8 Å². The number of hydrogen-bond acceptors (Lipinski definition) is 5. The summed E-state index contributed by atoms with van der Waals surface area (Å²) in [7, 11) is 0. The molecular formula is C18H14F3N3O2. The average molecular weight is 361 g/mol. The van der Waals surface area contributed by atoms with Crippen LogP contribution in [0.2, 0.25) is 0 Å². The summed E-state index contributed by atoms with van der Waals surface area (Å²) in [5, 5.41) is 9.94. The van der Waals surface area contributed by atoms with E-state index in [2.05, 4.69) is 15.5 Å². The summed E-state index contributed by atoms with van der Waals surface area (Å²) < 4.78 is 48.5. The summed E-state index contributed by atoms with van der Waals surface area (Å²) in [4.78, 5) is 0. The summed E-state index contributed by atoms with van der Waals surface area (Å²) in [6, 6.07) is 15.0. The molecule has 0 amide bonds. The van der Waals surface area contributed by atoms with Gasteiger partial charge < -0.3 is 14.5 Å². The van der Waals surface area contributed by atoms with Crippen molar-refractivity contribution in [2.24, 2.45) is 0 Å². The van der Waals surface area contributed by atoms with Gasteiger partial charge >= 0.3 is 12.1 Å². The van der Waals surface area contributed by atoms with E-state index >= 15 is 0 Å². The highest BCUT2D eigenvalue weighted by Gasteiger charge is 2.38. The standard InChI is InChI=1S/C18H14F3N3O2/c19-18(20,21)17-24-23-16(26-17)12-6-7-13-9-22-14(10-25-15(13)8-12)11-4-2-1-3-5-11/h1-8,14,22H,9-10H2/t14-/m1/s1. The molecule has 0 spiro atoms. The van der Waals surface area contributed by atoms with Gasteiger partial charge in [-0.25, -0.2) is 0 Å². The van der Waals surface area contributed by atoms with Crippen molar-refractivity contribution in [3.63, 3.8) is 0 Å². The van der Waals surface area contributed by atoms with Gasteiger partial charge in [-0.2, -0.15) is 13.2 Å². The van der Waals surface area contributed by atoms with Gasteiger partial charge in [-0.1, -0.05) is 36.4 Å². The minimum atomic E-state index is -4.67. The van der Waals surface area contributed by atoms with E-state index in [0.717, 1.165) is 11.1 Å². The molecule has 4 rings (SSSR count). The van der Waals surface area contributed by atoms with Gasteiger partial charge in [0.05, 0.1) is 6.04 Å². The lowest BCUT2D eigenvalue weighted by Gasteiger charge is -2.15. The third-order valence-electron chi connectivity index (χ3n) is 4.13. The van der Waals surface area contributed by atoms with Gasteiger partial charge in [-0.3, -0.25) is 0 Å². The number of nitrogens with zero attached hydrogens (tertiary/aromatic N) is 2. The molecule has 1 aromatic heterocycles. The fraction of sp³-hybridized carbons (Fsp3) is 0.222. The zero-order chi connectivity index (χ0) is 18.1. The Morgan fingerprint density at radius 3 is 2.58 bits per heavy atom. The second-order valence-corrected chi connectivity index (χ2v) is 5.89. The predicted octanol–water partition coefficient (Wildman–Crippen LogP) is 3.98. The quantitative estimate of drug-likeness (QED) is 0.748. The Kier molecular flexibility index (Phi) is 4.12. The molecule has 2 aromatic carbocycles. The molecule has 1 aliphatic rings. The summed E-state index contributed by atoms with van der Waals surface area (Å²) >= 11 is 0. The summed E-state index contributed by atoms with van der Waals surface area (Å²) in [5.74, 6) is -0.977. The fourth-order valence-electron chi connectivity index (χ4n) is 2.79. The van der Waals surface area contributed by atoms with Crippen molar-refractivity contribution in [1.82, 2.24) is 15.5 Å². The lowest BCUT2D eigenvalue weighted by molar-refractivity contribution is -0.156. The van der Waals surface area contributed by atoms with E-state index in [1.165, 1.54) is 0 Å². The number of rotatable bonds is 2. The molecule has 3 aromatic rings. The third-order valence-corrected chi connectivity index (χ3v) is 4.13. The molecule has 1 aliphatic heterocycles. The monoisotopic (exact) mass is 361 g/mol. The molecule has 0 fully saturated rings. The number of alkyl halides is 3. The number of hydrogen-bond donors (Lipinski definition) is 1. The SMILES string of the molecule is FC(F)(F)c1nnc(-c2ccc3c(c2)OC[C@H](c2ccccc2)NC3)o1. The van der Waals surface area contributed by atoms with Crippen LogP contribution in [0.1, 0.15) is 23.1 Å². The van der Waals surface area contributed by atoms with Crippen molar-refractivity contribution in [1.29, 1.82) is 0 Å². The largest absolute Gasteiger partial charge is 0.491 e. The molecule has 1 N–H and O–H groups in total. The molecule has 8 heteroatoms. The molecule has 0 aliphatic carbocycles. The number of halogens is 3. The van der Waals surface area contributed by atoms with Crippen molar-refractivity contribution >= 4 is 0 Å². The van der Waals surface area contributed by atoms with Crippen molar-refractivity contribution in [3.8, 4) is 17.2 Å². The van der Waals surface area contributed by atoms with Crippen LogP contribution < -0.4 is 10.1 Å². The highest BCUT2D eigenvalue weighted by Crippen LogP contribution is 2.33. The van der Waals surface area contributed by atoms with Crippen LogP contribution in [0.15, 0.2) is 52.9 Å². The van der Waals surface area contributed by atoms with Gasteiger partial charge in [0.1, 0.15) is 12.4 Å². The van der Waals surface area contributed by atoms with Gasteiger partial charge in [-0.15, -0.1) is 10.2 Å². The predicted molar refractivity (Wildman–Crippen MR) is 86.3 cm³/mol. The smallest absolute Gasteiger partial charge is 0.470 e. The maximum Gasteiger partial charge on any atom is 0.470 e. The van der Waals surface area contributed by atoms with E-state index in [4.69, 9.17) is 9.15 Å². The molecular weight excluding hydrogens is 347 g/mol. The Bertz CT molecular complexity index is 910. The first-order valence-corrected chi connectivity index (χ1v) is 7.96. The van der Waals surface area contributed by atoms with Crippen molar-refractivity contribution in [3.05, 3.63) is 65.5 Å². The van der Waals surface area contributed by atoms with Gasteiger partial charge in [-0.05, 0) is 17.7 Å². The second-order valence-electron chi connectivity index (χ2n) is 5.89. The van der Waals surface area contributed by atoms with E-state index in [0.29, 0.717) is 24.5 Å². The van der Waals surface area contributed by atoms with Crippen LogP contribution in [0.25, 0.3) is 11.5 Å². The molecule has 0 bridgehead atoms. The number of aromatic nitrogens is 2. The molecule has 0 radical (unpaired) electrons. The summed E-state index contributed by atoms with van der Waals surface area (Å²) in [6.07, 6.45) is -4.67. The lowest BCUT2D eigenvalue weighted by atomic mass is 10.1. The Hall–Kier alpha value is -2.87. The van der Waals surface area contributed by atoms with E-state index < -0.39 is 12.1 Å². The summed E-state index contributed by atoms with van der Waals surface area (Å²) in [5.41, 5.74) is 2.39. The average Bonchev–Trinajstić information content (AvgIpc) is 3.04. The minimum absolute atomic E-state index is 0.0206. The highest BCUT2D eigenvalue weighted by atomic mass is 19.4. The lowest BCUT2D eigenvalue weighted by Crippen LogP contribution is -2.23. The Balaban J connectivity index is 1.57. The van der Waals surface area contributed by atoms with E-state index in [9.17, 15) is 13.2 Å². The van der Waals surface area contributed by atoms with Gasteiger partial charge in [0.25, 0.3) is 0 Å². The Labute approximate surface area is 146 Å². The van der Waals surface area contributed by atoms with Gasteiger partial charge in [0, 0.05) is 17.7 Å². The number of fused-ring (bicyclic) bond motifs is 1. The maximum absolute atomic E-state index is 12.6. The van der Waals surface area contributed by atoms with Crippen molar-refractivity contribution in [2.75, 3.05) is 6.61 Å². The Morgan fingerprint density at radius 1 is 1.04 bits per heavy atom. The van der Waals surface area contributed by atoms with Crippen LogP contribution >= 0.6 is 0 Å². The van der Waals surface area contributed by atoms with Gasteiger partial charge in [0.15, 0.2) is 0 Å². The maximum atomic E-state index is 12.6. The van der Waals surface area contributed by atoms with Crippen LogP contribution in [0.3, 0.4) is 0 Å². The van der Waals surface area contributed by atoms with Gasteiger partial charge in [0.2, 0.25) is 5.89 Å². The first kappa shape index (κ1) is 16.6. The van der Waals surface area contributed by atoms with Crippen LogP contribution in [-0.2, 0) is 12.7 Å². The van der Waals surface area contributed by atoms with Crippen molar-refractivity contribution in [2.45, 2.75) is 18.8 Å². The summed E-state index contributed by atoms with van der Waals surface area (Å²) in [6.45, 7) is 0.977. The van der Waals surface area contributed by atoms with E-state index in [1.54, 1.807) is 18.2 Å². The topological polar surface area (TPSA) is 60.2 Å². The van der Waals surface area contributed by atoms with Crippen molar-refractivity contribution < 1.29 is 22.3 Å². The van der Waals surface area contributed by atoms with Crippen LogP contribution in [0.4, 0.5) is 13.2 Å². The Morgan fingerprint density at radius 2 is 1.85 bits per heavy atom. The molecule has 26 heavy (non-hydrogen) atoms. The number of ether oxygens (including phenoxy) is 1. The molecule has 1 atom stereocenters. The molecule has 5 nitrogen and oxygen atoms in total. The number of benzene rings is 2. The molecule has 2 heterocycles. The zero-order valence-corrected chi connectivity index (χ0v) is 13.5. The number of nitrogens with one attached hydrogen (secondary N) is 1. The first-order chi connectivity index (χ1) is 12.5. The highest BCUT2D eigenvalue weighted by molar-refractivity contribution is 5.58. The normalized spacial score (nSPS) is 17.3. The fourth-order valence-corrected chi connectivity index (χ4v) is 2.79. The first-order valence-electron chi connectivity index (χ1n) is 7.96. The minimum Gasteiger partial charge on any atom is -0.491 e. The van der Waals surface area contributed by atoms with E-state index in [-0.39, 0.29) is 11.9 Å². The molecule has 0 saturated heterocycles. The molecule has 134 valence electrons. The second kappa shape index (κ2) is 6.45. The molecule has 0 unspecified atom stereocenters.